The fourth-order valence-electron chi connectivity index (χ4n) is 1.27. The molecule has 1 amide bonds. The van der Waals surface area contributed by atoms with Crippen LogP contribution < -0.4 is 5.32 Å². The molecule has 1 aromatic rings. The van der Waals surface area contributed by atoms with Crippen molar-refractivity contribution in [2.75, 3.05) is 6.61 Å². The lowest BCUT2D eigenvalue weighted by Gasteiger charge is -2.11. The Balaban J connectivity index is 3.13. The van der Waals surface area contributed by atoms with Crippen LogP contribution in [0.5, 0.6) is 0 Å². The zero-order valence-corrected chi connectivity index (χ0v) is 9.67. The van der Waals surface area contributed by atoms with Gasteiger partial charge in [-0.15, -0.1) is 0 Å². The highest BCUT2D eigenvalue weighted by Crippen LogP contribution is 2.21. The monoisotopic (exact) mass is 290 g/mol. The fourth-order valence-corrected chi connectivity index (χ4v) is 1.27. The molecule has 0 aliphatic heterocycles. The summed E-state index contributed by atoms with van der Waals surface area (Å²) in [5, 5.41) is 29.5. The Morgan fingerprint density at radius 3 is 2.40 bits per heavy atom. The Morgan fingerprint density at radius 1 is 1.35 bits per heavy atom. The molecule has 1 atom stereocenters. The molecule has 0 saturated heterocycles. The van der Waals surface area contributed by atoms with Crippen LogP contribution in [-0.2, 0) is 4.79 Å². The highest BCUT2D eigenvalue weighted by molar-refractivity contribution is 5.97. The van der Waals surface area contributed by atoms with E-state index in [9.17, 15) is 28.5 Å². The minimum absolute atomic E-state index is 0.141. The predicted octanol–water partition coefficient (Wildman–Crippen LogP) is 0.0483. The molecule has 0 saturated carbocycles. The molecule has 0 fully saturated rings. The summed E-state index contributed by atoms with van der Waals surface area (Å²) in [4.78, 5) is 31.4. The number of nitrogens with one attached hydrogen (secondary N) is 1. The molecule has 0 bridgehead atoms. The second-order valence-electron chi connectivity index (χ2n) is 3.59. The number of nitrogens with zero attached hydrogens (tertiary/aromatic N) is 1. The number of benzene rings is 1. The highest BCUT2D eigenvalue weighted by atomic mass is 19.1. The summed E-state index contributed by atoms with van der Waals surface area (Å²) < 4.78 is 26.4. The van der Waals surface area contributed by atoms with Gasteiger partial charge < -0.3 is 15.5 Å². The number of nitro groups is 1. The third-order valence-electron chi connectivity index (χ3n) is 2.26. The lowest BCUT2D eigenvalue weighted by molar-refractivity contribution is -0.387. The lowest BCUT2D eigenvalue weighted by atomic mass is 10.1. The van der Waals surface area contributed by atoms with E-state index >= 15 is 0 Å². The van der Waals surface area contributed by atoms with Gasteiger partial charge in [-0.1, -0.05) is 0 Å². The first kappa shape index (κ1) is 15.4. The minimum Gasteiger partial charge on any atom is -0.480 e. The smallest absolute Gasteiger partial charge is 0.328 e. The van der Waals surface area contributed by atoms with Crippen LogP contribution in [-0.4, -0.2) is 39.7 Å². The molecule has 108 valence electrons. The fraction of sp³-hybridized carbons (Fsp3) is 0.200. The number of carbonyl (C=O) groups excluding carboxylic acids is 1. The van der Waals surface area contributed by atoms with Crippen molar-refractivity contribution in [2.45, 2.75) is 6.04 Å². The van der Waals surface area contributed by atoms with Gasteiger partial charge >= 0.3 is 11.7 Å². The van der Waals surface area contributed by atoms with Gasteiger partial charge in [0.15, 0.2) is 6.04 Å². The number of aliphatic hydroxyl groups excluding tert-OH is 1. The number of carboxylic acids is 1. The molecule has 0 aromatic heterocycles. The SMILES string of the molecule is O=C(N[C@H](CO)C(=O)O)c1cc([N+](=O)[O-])c(F)cc1F. The van der Waals surface area contributed by atoms with Crippen molar-refractivity contribution in [3.05, 3.63) is 39.4 Å². The number of halogens is 2. The molecule has 0 spiro atoms. The molecular formula is C10H8F2N2O6. The maximum Gasteiger partial charge on any atom is 0.328 e. The zero-order valence-electron chi connectivity index (χ0n) is 9.67. The van der Waals surface area contributed by atoms with Gasteiger partial charge in [-0.25, -0.2) is 9.18 Å². The quantitative estimate of drug-likeness (QED) is 0.519. The van der Waals surface area contributed by atoms with E-state index in [4.69, 9.17) is 10.2 Å². The van der Waals surface area contributed by atoms with Crippen LogP contribution in [0.25, 0.3) is 0 Å². The van der Waals surface area contributed by atoms with Gasteiger partial charge in [-0.05, 0) is 0 Å². The second-order valence-corrected chi connectivity index (χ2v) is 3.59. The Kier molecular flexibility index (Phi) is 4.64. The molecule has 20 heavy (non-hydrogen) atoms. The number of aliphatic carboxylic acids is 1. The Hall–Kier alpha value is -2.62. The van der Waals surface area contributed by atoms with E-state index in [0.29, 0.717) is 6.07 Å². The predicted molar refractivity (Wildman–Crippen MR) is 59.0 cm³/mol. The van der Waals surface area contributed by atoms with Crippen molar-refractivity contribution < 1.29 is 33.5 Å². The number of carboxylic acid groups (broad SMARTS) is 1. The molecule has 10 heteroatoms. The summed E-state index contributed by atoms with van der Waals surface area (Å²) in [6.07, 6.45) is 0. The average Bonchev–Trinajstić information content (AvgIpc) is 2.34. The van der Waals surface area contributed by atoms with Gasteiger partial charge in [0.25, 0.3) is 5.91 Å². The number of nitro benzene ring substituents is 1. The third kappa shape index (κ3) is 3.23. The number of carbonyl (C=O) groups is 2. The van der Waals surface area contributed by atoms with E-state index in [0.717, 1.165) is 0 Å². The van der Waals surface area contributed by atoms with Crippen LogP contribution in [0.3, 0.4) is 0 Å². The van der Waals surface area contributed by atoms with Crippen LogP contribution in [0.4, 0.5) is 14.5 Å². The number of aliphatic hydroxyl groups is 1. The van der Waals surface area contributed by atoms with Crippen molar-refractivity contribution in [1.29, 1.82) is 0 Å². The van der Waals surface area contributed by atoms with Gasteiger partial charge in [-0.2, -0.15) is 4.39 Å². The number of hydrogen-bond donors (Lipinski definition) is 3. The third-order valence-corrected chi connectivity index (χ3v) is 2.26. The van der Waals surface area contributed by atoms with Crippen LogP contribution in [0, 0.1) is 21.7 Å². The van der Waals surface area contributed by atoms with Crippen LogP contribution in [0.2, 0.25) is 0 Å². The Bertz CT molecular complexity index is 577. The zero-order chi connectivity index (χ0) is 15.4. The minimum atomic E-state index is -1.72. The van der Waals surface area contributed by atoms with E-state index in [-0.39, 0.29) is 6.07 Å². The Labute approximate surface area is 109 Å². The Morgan fingerprint density at radius 2 is 1.95 bits per heavy atom. The molecule has 0 heterocycles. The van der Waals surface area contributed by atoms with E-state index in [1.165, 1.54) is 0 Å². The highest BCUT2D eigenvalue weighted by Gasteiger charge is 2.25. The standard InChI is InChI=1S/C10H8F2N2O6/c11-5-2-6(12)8(14(19)20)1-4(5)9(16)13-7(3-15)10(17)18/h1-2,7,15H,3H2,(H,13,16)(H,17,18)/t7-/m1/s1. The largest absolute Gasteiger partial charge is 0.480 e. The summed E-state index contributed by atoms with van der Waals surface area (Å²) in [7, 11) is 0. The first-order chi connectivity index (χ1) is 9.27. The molecule has 0 radical (unpaired) electrons. The maximum absolute atomic E-state index is 13.4. The number of rotatable bonds is 5. The summed E-state index contributed by atoms with van der Waals surface area (Å²) in [5.41, 5.74) is -2.04. The van der Waals surface area contributed by atoms with Crippen molar-refractivity contribution in [3.63, 3.8) is 0 Å². The summed E-state index contributed by atoms with van der Waals surface area (Å²) in [6.45, 7) is -0.966. The van der Waals surface area contributed by atoms with E-state index in [1.54, 1.807) is 5.32 Å². The molecular weight excluding hydrogens is 282 g/mol. The van der Waals surface area contributed by atoms with Gasteiger partial charge in [0, 0.05) is 12.1 Å². The number of amides is 1. The van der Waals surface area contributed by atoms with Crippen molar-refractivity contribution >= 4 is 17.6 Å². The molecule has 8 nitrogen and oxygen atoms in total. The molecule has 0 unspecified atom stereocenters. The average molecular weight is 290 g/mol. The van der Waals surface area contributed by atoms with Gasteiger partial charge in [0.1, 0.15) is 5.82 Å². The number of hydrogen-bond acceptors (Lipinski definition) is 5. The first-order valence-electron chi connectivity index (χ1n) is 5.06. The summed E-state index contributed by atoms with van der Waals surface area (Å²) in [6, 6.07) is -1.23. The van der Waals surface area contributed by atoms with Crippen LogP contribution in [0.15, 0.2) is 12.1 Å². The topological polar surface area (TPSA) is 130 Å². The van der Waals surface area contributed by atoms with Gasteiger partial charge in [-0.3, -0.25) is 14.9 Å². The second kappa shape index (κ2) is 6.02. The molecule has 0 aliphatic carbocycles. The summed E-state index contributed by atoms with van der Waals surface area (Å²) >= 11 is 0. The lowest BCUT2D eigenvalue weighted by Crippen LogP contribution is -2.43. The molecule has 1 rings (SSSR count). The van der Waals surface area contributed by atoms with Crippen molar-refractivity contribution in [2.24, 2.45) is 0 Å². The van der Waals surface area contributed by atoms with Crippen LogP contribution >= 0.6 is 0 Å². The molecule has 3 N–H and O–H groups in total. The van der Waals surface area contributed by atoms with Crippen molar-refractivity contribution in [1.82, 2.24) is 5.32 Å². The molecule has 1 aromatic carbocycles. The van der Waals surface area contributed by atoms with Crippen molar-refractivity contribution in [3.8, 4) is 0 Å². The van der Waals surface area contributed by atoms with E-state index in [1.807, 2.05) is 0 Å². The van der Waals surface area contributed by atoms with E-state index in [2.05, 4.69) is 0 Å². The summed E-state index contributed by atoms with van der Waals surface area (Å²) in [5.74, 6) is -5.78. The maximum atomic E-state index is 13.4. The first-order valence-corrected chi connectivity index (χ1v) is 5.06. The van der Waals surface area contributed by atoms with Crippen LogP contribution in [0.1, 0.15) is 10.4 Å². The van der Waals surface area contributed by atoms with Gasteiger partial charge in [0.2, 0.25) is 5.82 Å². The molecule has 0 aliphatic rings. The normalized spacial score (nSPS) is 11.8. The van der Waals surface area contributed by atoms with E-state index < -0.39 is 52.3 Å². The van der Waals surface area contributed by atoms with Gasteiger partial charge in [0.05, 0.1) is 17.1 Å².